The third kappa shape index (κ3) is 3.32. The van der Waals surface area contributed by atoms with E-state index in [1.54, 1.807) is 0 Å². The van der Waals surface area contributed by atoms with Crippen LogP contribution in [0.5, 0.6) is 0 Å². The molecular weight excluding hydrogens is 158 g/mol. The number of hydrogen-bond donors (Lipinski definition) is 0. The summed E-state index contributed by atoms with van der Waals surface area (Å²) in [6, 6.07) is 10.5. The number of rotatable bonds is 3. The summed E-state index contributed by atoms with van der Waals surface area (Å²) in [7, 11) is 4.07. The van der Waals surface area contributed by atoms with Gasteiger partial charge in [0.1, 0.15) is 0 Å². The molecule has 1 nitrogen and oxygen atoms in total. The number of hydrogen-bond acceptors (Lipinski definition) is 1. The normalized spacial score (nSPS) is 13.2. The molecule has 0 bridgehead atoms. The highest BCUT2D eigenvalue weighted by Gasteiger charge is 1.98. The number of nitrogens with zero attached hydrogens (tertiary/aromatic N) is 1. The molecule has 1 atom stereocenters. The summed E-state index contributed by atoms with van der Waals surface area (Å²) in [4.78, 5) is 2.06. The van der Waals surface area contributed by atoms with Crippen molar-refractivity contribution >= 4 is 0 Å². The fraction of sp³-hybridized carbons (Fsp3) is 0.333. The first-order chi connectivity index (χ1) is 6.20. The summed E-state index contributed by atoms with van der Waals surface area (Å²) in [6.07, 6.45) is 4.30. The lowest BCUT2D eigenvalue weighted by Crippen LogP contribution is -2.01. The number of benzene rings is 1. The average molecular weight is 175 g/mol. The van der Waals surface area contributed by atoms with E-state index in [2.05, 4.69) is 48.4 Å². The molecule has 0 aliphatic carbocycles. The van der Waals surface area contributed by atoms with E-state index < -0.39 is 0 Å². The summed E-state index contributed by atoms with van der Waals surface area (Å²) in [5.41, 5.74) is 1.36. The maximum atomic E-state index is 2.20. The van der Waals surface area contributed by atoms with E-state index in [4.69, 9.17) is 0 Å². The first kappa shape index (κ1) is 9.85. The van der Waals surface area contributed by atoms with E-state index in [9.17, 15) is 0 Å². The van der Waals surface area contributed by atoms with Gasteiger partial charge in [0.2, 0.25) is 0 Å². The third-order valence-electron chi connectivity index (χ3n) is 2.00. The lowest BCUT2D eigenvalue weighted by molar-refractivity contribution is 0.559. The van der Waals surface area contributed by atoms with Crippen molar-refractivity contribution < 1.29 is 0 Å². The van der Waals surface area contributed by atoms with Gasteiger partial charge in [-0.1, -0.05) is 43.3 Å². The average Bonchev–Trinajstić information content (AvgIpc) is 2.15. The molecule has 0 unspecified atom stereocenters. The minimum Gasteiger partial charge on any atom is -0.384 e. The Morgan fingerprint density at radius 3 is 2.31 bits per heavy atom. The van der Waals surface area contributed by atoms with Crippen LogP contribution in [0.1, 0.15) is 18.4 Å². The summed E-state index contributed by atoms with van der Waals surface area (Å²) >= 11 is 0. The second kappa shape index (κ2) is 4.70. The summed E-state index contributed by atoms with van der Waals surface area (Å²) in [5.74, 6) is 0.489. The Morgan fingerprint density at radius 2 is 1.77 bits per heavy atom. The Bertz CT molecular complexity index is 262. The summed E-state index contributed by atoms with van der Waals surface area (Å²) < 4.78 is 0. The highest BCUT2D eigenvalue weighted by atomic mass is 15.0. The molecular formula is C12H17N. The molecule has 70 valence electrons. The van der Waals surface area contributed by atoms with Crippen molar-refractivity contribution in [3.8, 4) is 0 Å². The highest BCUT2D eigenvalue weighted by molar-refractivity contribution is 5.22. The predicted molar refractivity (Wildman–Crippen MR) is 57.7 cm³/mol. The van der Waals surface area contributed by atoms with Crippen LogP contribution in [0.15, 0.2) is 42.6 Å². The molecule has 1 rings (SSSR count). The molecule has 1 aromatic rings. The minimum atomic E-state index is 0.489. The van der Waals surface area contributed by atoms with Crippen LogP contribution in [-0.4, -0.2) is 19.0 Å². The lowest BCUT2D eigenvalue weighted by Gasteiger charge is -2.08. The van der Waals surface area contributed by atoms with E-state index in [0.29, 0.717) is 5.92 Å². The highest BCUT2D eigenvalue weighted by Crippen LogP contribution is 2.15. The zero-order chi connectivity index (χ0) is 9.68. The number of allylic oxidation sites excluding steroid dienone is 1. The van der Waals surface area contributed by atoms with Crippen molar-refractivity contribution in [2.24, 2.45) is 0 Å². The van der Waals surface area contributed by atoms with Crippen molar-refractivity contribution in [1.29, 1.82) is 0 Å². The van der Waals surface area contributed by atoms with Crippen molar-refractivity contribution in [2.45, 2.75) is 12.8 Å². The van der Waals surface area contributed by atoms with Gasteiger partial charge in [-0.05, 0) is 11.8 Å². The topological polar surface area (TPSA) is 3.24 Å². The maximum Gasteiger partial charge on any atom is 0.00555 e. The van der Waals surface area contributed by atoms with Gasteiger partial charge in [-0.3, -0.25) is 0 Å². The third-order valence-corrected chi connectivity index (χ3v) is 2.00. The van der Waals surface area contributed by atoms with Crippen molar-refractivity contribution in [1.82, 2.24) is 4.90 Å². The Morgan fingerprint density at radius 1 is 1.15 bits per heavy atom. The fourth-order valence-corrected chi connectivity index (χ4v) is 1.17. The molecule has 0 aliphatic rings. The van der Waals surface area contributed by atoms with Crippen molar-refractivity contribution in [3.63, 3.8) is 0 Å². The van der Waals surface area contributed by atoms with Gasteiger partial charge in [-0.15, -0.1) is 0 Å². The quantitative estimate of drug-likeness (QED) is 0.682. The molecule has 0 N–H and O–H groups in total. The van der Waals surface area contributed by atoms with Gasteiger partial charge in [0.25, 0.3) is 0 Å². The van der Waals surface area contributed by atoms with Crippen LogP contribution >= 0.6 is 0 Å². The molecule has 0 saturated carbocycles. The summed E-state index contributed by atoms with van der Waals surface area (Å²) in [6.45, 7) is 2.20. The smallest absolute Gasteiger partial charge is 0.00555 e. The van der Waals surface area contributed by atoms with E-state index in [0.717, 1.165) is 0 Å². The summed E-state index contributed by atoms with van der Waals surface area (Å²) in [5, 5.41) is 0. The molecule has 0 saturated heterocycles. The van der Waals surface area contributed by atoms with Crippen LogP contribution in [-0.2, 0) is 0 Å². The van der Waals surface area contributed by atoms with Crippen LogP contribution in [0, 0.1) is 0 Å². The van der Waals surface area contributed by atoms with Gasteiger partial charge in [0, 0.05) is 20.0 Å². The van der Waals surface area contributed by atoms with Crippen LogP contribution in [0.3, 0.4) is 0 Å². The molecule has 0 aromatic heterocycles. The maximum absolute atomic E-state index is 2.20. The molecule has 0 heterocycles. The van der Waals surface area contributed by atoms with Gasteiger partial charge in [-0.2, -0.15) is 0 Å². The Hall–Kier alpha value is -1.24. The molecule has 0 fully saturated rings. The molecule has 1 aromatic carbocycles. The van der Waals surface area contributed by atoms with E-state index >= 15 is 0 Å². The van der Waals surface area contributed by atoms with E-state index in [-0.39, 0.29) is 0 Å². The van der Waals surface area contributed by atoms with Gasteiger partial charge >= 0.3 is 0 Å². The van der Waals surface area contributed by atoms with Gasteiger partial charge in [0.05, 0.1) is 0 Å². The monoisotopic (exact) mass is 175 g/mol. The lowest BCUT2D eigenvalue weighted by atomic mass is 10.0. The molecule has 0 spiro atoms. The van der Waals surface area contributed by atoms with E-state index in [1.807, 2.05) is 20.2 Å². The predicted octanol–water partition coefficient (Wildman–Crippen LogP) is 2.87. The fourth-order valence-electron chi connectivity index (χ4n) is 1.17. The largest absolute Gasteiger partial charge is 0.384 e. The molecule has 0 radical (unpaired) electrons. The molecule has 0 amide bonds. The zero-order valence-corrected chi connectivity index (χ0v) is 8.57. The first-order valence-corrected chi connectivity index (χ1v) is 4.60. The minimum absolute atomic E-state index is 0.489. The Labute approximate surface area is 80.7 Å². The van der Waals surface area contributed by atoms with Gasteiger partial charge < -0.3 is 4.90 Å². The molecule has 0 aliphatic heterocycles. The second-order valence-corrected chi connectivity index (χ2v) is 3.50. The van der Waals surface area contributed by atoms with E-state index in [1.165, 1.54) is 5.56 Å². The Balaban J connectivity index is 2.64. The van der Waals surface area contributed by atoms with Crippen LogP contribution in [0.25, 0.3) is 0 Å². The Kier molecular flexibility index (Phi) is 3.56. The zero-order valence-electron chi connectivity index (χ0n) is 8.57. The first-order valence-electron chi connectivity index (χ1n) is 4.60. The second-order valence-electron chi connectivity index (χ2n) is 3.50. The molecule has 1 heteroatoms. The van der Waals surface area contributed by atoms with Crippen LogP contribution in [0.2, 0.25) is 0 Å². The van der Waals surface area contributed by atoms with Gasteiger partial charge in [-0.25, -0.2) is 0 Å². The standard InChI is InChI=1S/C12H17N/c1-11(9-10-13(2)3)12-7-5-4-6-8-12/h4-11H,1-3H3/b10-9+/t11-/m1/s1. The van der Waals surface area contributed by atoms with Crippen molar-refractivity contribution in [2.75, 3.05) is 14.1 Å². The van der Waals surface area contributed by atoms with Crippen LogP contribution < -0.4 is 0 Å². The van der Waals surface area contributed by atoms with Crippen LogP contribution in [0.4, 0.5) is 0 Å². The van der Waals surface area contributed by atoms with Gasteiger partial charge in [0.15, 0.2) is 0 Å². The molecule has 13 heavy (non-hydrogen) atoms. The SMILES string of the molecule is C[C@H](/C=C/N(C)C)c1ccccc1. The van der Waals surface area contributed by atoms with Crippen molar-refractivity contribution in [3.05, 3.63) is 48.2 Å².